The number of aromatic nitrogens is 5. The van der Waals surface area contributed by atoms with Crippen LogP contribution in [-0.2, 0) is 13.1 Å². The molecule has 142 valence electrons. The maximum Gasteiger partial charge on any atom is 0.349 e. The zero-order valence-corrected chi connectivity index (χ0v) is 15.7. The van der Waals surface area contributed by atoms with Crippen molar-refractivity contribution < 1.29 is 0 Å². The van der Waals surface area contributed by atoms with Crippen LogP contribution < -0.4 is 16.6 Å². The average molecular weight is 376 g/mol. The van der Waals surface area contributed by atoms with E-state index in [4.69, 9.17) is 0 Å². The molecule has 0 bridgehead atoms. The fourth-order valence-corrected chi connectivity index (χ4v) is 3.20. The molecule has 2 aliphatic heterocycles. The van der Waals surface area contributed by atoms with Gasteiger partial charge in [0.2, 0.25) is 0 Å². The van der Waals surface area contributed by atoms with Gasteiger partial charge in [0, 0.05) is 32.0 Å². The molecule has 0 fully saturated rings. The van der Waals surface area contributed by atoms with Gasteiger partial charge in [0.1, 0.15) is 0 Å². The number of fused-ring (bicyclic) bond motifs is 2. The maximum absolute atomic E-state index is 12.3. The summed E-state index contributed by atoms with van der Waals surface area (Å²) in [6.45, 7) is 5.90. The summed E-state index contributed by atoms with van der Waals surface area (Å²) >= 11 is 0. The molecular weight excluding hydrogens is 356 g/mol. The predicted molar refractivity (Wildman–Crippen MR) is 106 cm³/mol. The summed E-state index contributed by atoms with van der Waals surface area (Å²) in [6.07, 6.45) is 3.51. The normalized spacial score (nSPS) is 11.4. The van der Waals surface area contributed by atoms with Crippen molar-refractivity contribution in [2.75, 3.05) is 6.54 Å². The summed E-state index contributed by atoms with van der Waals surface area (Å²) in [7, 11) is 0. The van der Waals surface area contributed by atoms with E-state index in [9.17, 15) is 9.59 Å². The quantitative estimate of drug-likeness (QED) is 0.403. The van der Waals surface area contributed by atoms with Gasteiger partial charge in [-0.1, -0.05) is 0 Å². The van der Waals surface area contributed by atoms with Crippen LogP contribution in [0.5, 0.6) is 0 Å². The molecule has 0 unspecified atom stereocenters. The van der Waals surface area contributed by atoms with Gasteiger partial charge in [-0.2, -0.15) is 4.98 Å². The topological polar surface area (TPSA) is 106 Å². The molecular formula is C20H20N6O2. The number of rotatable bonds is 5. The van der Waals surface area contributed by atoms with Crippen molar-refractivity contribution in [1.82, 2.24) is 29.8 Å². The van der Waals surface area contributed by atoms with Crippen LogP contribution in [-0.4, -0.2) is 31.0 Å². The average Bonchev–Trinajstić information content (AvgIpc) is 2.67. The SMILES string of the molecule is Cc1cc2nc3c(=O)[nH]c(=O)nc-3n(CCNCc3ccncc3)c2cc1C. The first-order valence-corrected chi connectivity index (χ1v) is 9.04. The van der Waals surface area contributed by atoms with Crippen molar-refractivity contribution in [3.8, 4) is 11.5 Å². The molecule has 28 heavy (non-hydrogen) atoms. The second-order valence-corrected chi connectivity index (χ2v) is 6.76. The van der Waals surface area contributed by atoms with Gasteiger partial charge in [0.15, 0.2) is 11.5 Å². The number of hydrogen-bond donors (Lipinski definition) is 2. The third-order valence-corrected chi connectivity index (χ3v) is 4.82. The summed E-state index contributed by atoms with van der Waals surface area (Å²) in [4.78, 5) is 38.8. The summed E-state index contributed by atoms with van der Waals surface area (Å²) in [5, 5.41) is 3.37. The van der Waals surface area contributed by atoms with Crippen LogP contribution in [0.4, 0.5) is 0 Å². The standard InChI is InChI=1S/C20H20N6O2/c1-12-9-15-16(10-13(12)2)26(8-7-22-11-14-3-5-21-6-4-14)18-17(23-15)19(27)25-20(28)24-18/h3-6,9-10,22H,7-8,11H2,1-2H3,(H,25,27,28). The van der Waals surface area contributed by atoms with Gasteiger partial charge in [-0.15, -0.1) is 0 Å². The van der Waals surface area contributed by atoms with Crippen LogP contribution in [0, 0.1) is 13.8 Å². The number of nitrogens with one attached hydrogen (secondary N) is 2. The van der Waals surface area contributed by atoms with Crippen LogP contribution in [0.25, 0.3) is 22.6 Å². The van der Waals surface area contributed by atoms with Crippen molar-refractivity contribution in [3.63, 3.8) is 0 Å². The van der Waals surface area contributed by atoms with E-state index in [1.807, 2.05) is 42.7 Å². The van der Waals surface area contributed by atoms with E-state index in [2.05, 4.69) is 25.3 Å². The second-order valence-electron chi connectivity index (χ2n) is 6.76. The molecule has 0 aliphatic carbocycles. The van der Waals surface area contributed by atoms with E-state index in [1.165, 1.54) is 0 Å². The lowest BCUT2D eigenvalue weighted by molar-refractivity contribution is 0.602. The molecule has 0 saturated heterocycles. The number of benzene rings is 1. The van der Waals surface area contributed by atoms with Gasteiger partial charge in [0.25, 0.3) is 5.56 Å². The number of pyridine rings is 1. The van der Waals surface area contributed by atoms with Crippen LogP contribution in [0.2, 0.25) is 0 Å². The monoisotopic (exact) mass is 376 g/mol. The van der Waals surface area contributed by atoms with E-state index in [-0.39, 0.29) is 5.69 Å². The Morgan fingerprint density at radius 1 is 1.07 bits per heavy atom. The molecule has 0 radical (unpaired) electrons. The van der Waals surface area contributed by atoms with Crippen molar-refractivity contribution >= 4 is 11.0 Å². The van der Waals surface area contributed by atoms with Crippen molar-refractivity contribution in [2.24, 2.45) is 0 Å². The lowest BCUT2D eigenvalue weighted by atomic mass is 10.1. The third kappa shape index (κ3) is 3.41. The summed E-state index contributed by atoms with van der Waals surface area (Å²) < 4.78 is 1.89. The fraction of sp³-hybridized carbons (Fsp3) is 0.250. The van der Waals surface area contributed by atoms with E-state index in [0.29, 0.717) is 31.0 Å². The van der Waals surface area contributed by atoms with E-state index in [0.717, 1.165) is 22.2 Å². The largest absolute Gasteiger partial charge is 0.349 e. The first kappa shape index (κ1) is 18.0. The lowest BCUT2D eigenvalue weighted by Crippen LogP contribution is -2.30. The summed E-state index contributed by atoms with van der Waals surface area (Å²) in [5.74, 6) is 0.301. The Balaban J connectivity index is 1.74. The Bertz CT molecular complexity index is 1230. The van der Waals surface area contributed by atoms with Gasteiger partial charge in [-0.25, -0.2) is 9.78 Å². The fourth-order valence-electron chi connectivity index (χ4n) is 3.20. The molecule has 1 aromatic heterocycles. The lowest BCUT2D eigenvalue weighted by Gasteiger charge is -2.18. The summed E-state index contributed by atoms with van der Waals surface area (Å²) in [6, 6.07) is 7.88. The van der Waals surface area contributed by atoms with Crippen molar-refractivity contribution in [1.29, 1.82) is 0 Å². The molecule has 2 aromatic rings. The van der Waals surface area contributed by atoms with Crippen LogP contribution in [0.1, 0.15) is 16.7 Å². The number of hydrogen-bond acceptors (Lipinski definition) is 6. The third-order valence-electron chi connectivity index (χ3n) is 4.82. The maximum atomic E-state index is 12.3. The first-order chi connectivity index (χ1) is 13.5. The van der Waals surface area contributed by atoms with Crippen LogP contribution in [0.3, 0.4) is 0 Å². The molecule has 3 heterocycles. The molecule has 2 aliphatic rings. The Morgan fingerprint density at radius 3 is 2.61 bits per heavy atom. The van der Waals surface area contributed by atoms with Crippen LogP contribution in [0.15, 0.2) is 46.2 Å². The summed E-state index contributed by atoms with van der Waals surface area (Å²) in [5.41, 5.74) is 3.87. The van der Waals surface area contributed by atoms with Gasteiger partial charge in [-0.05, 0) is 54.8 Å². The number of nitrogens with zero attached hydrogens (tertiary/aromatic N) is 4. The first-order valence-electron chi connectivity index (χ1n) is 9.04. The van der Waals surface area contributed by atoms with Crippen molar-refractivity contribution in [3.05, 3.63) is 74.2 Å². The molecule has 8 nitrogen and oxygen atoms in total. The van der Waals surface area contributed by atoms with Gasteiger partial charge < -0.3 is 9.88 Å². The van der Waals surface area contributed by atoms with E-state index in [1.54, 1.807) is 12.4 Å². The Morgan fingerprint density at radius 2 is 1.82 bits per heavy atom. The smallest absolute Gasteiger partial charge is 0.321 e. The highest BCUT2D eigenvalue weighted by molar-refractivity contribution is 5.81. The minimum atomic E-state index is -0.666. The Kier molecular flexibility index (Phi) is 4.70. The highest BCUT2D eigenvalue weighted by atomic mass is 16.2. The molecule has 1 aromatic carbocycles. The van der Waals surface area contributed by atoms with Gasteiger partial charge >= 0.3 is 5.69 Å². The molecule has 4 rings (SSSR count). The van der Waals surface area contributed by atoms with Crippen molar-refractivity contribution in [2.45, 2.75) is 26.9 Å². The molecule has 0 atom stereocenters. The Labute approximate surface area is 160 Å². The number of aromatic amines is 1. The van der Waals surface area contributed by atoms with E-state index < -0.39 is 11.2 Å². The van der Waals surface area contributed by atoms with Gasteiger partial charge in [-0.3, -0.25) is 14.8 Å². The molecule has 0 spiro atoms. The molecule has 0 amide bonds. The minimum absolute atomic E-state index is 0.171. The second kappa shape index (κ2) is 7.32. The Hall–Kier alpha value is -3.39. The highest BCUT2D eigenvalue weighted by Gasteiger charge is 2.18. The van der Waals surface area contributed by atoms with Crippen LogP contribution >= 0.6 is 0 Å². The molecule has 8 heteroatoms. The zero-order chi connectivity index (χ0) is 19.7. The minimum Gasteiger partial charge on any atom is -0.321 e. The molecule has 0 saturated carbocycles. The zero-order valence-electron chi connectivity index (χ0n) is 15.7. The number of aryl methyl sites for hydroxylation is 2. The molecule has 2 N–H and O–H groups in total. The predicted octanol–water partition coefficient (Wildman–Crippen LogP) is 1.39. The number of H-pyrrole nitrogens is 1. The van der Waals surface area contributed by atoms with E-state index >= 15 is 0 Å². The van der Waals surface area contributed by atoms with Gasteiger partial charge in [0.05, 0.1) is 11.0 Å². The highest BCUT2D eigenvalue weighted by Crippen LogP contribution is 2.23.